The number of nitrogens with one attached hydrogen (secondary N) is 2. The molecule has 1 aliphatic carbocycles. The van der Waals surface area contributed by atoms with E-state index in [1.165, 1.54) is 0 Å². The molecule has 2 bridgehead atoms. The lowest BCUT2D eigenvalue weighted by Gasteiger charge is -2.33. The van der Waals surface area contributed by atoms with Gasteiger partial charge >= 0.3 is 0 Å². The Bertz CT molecular complexity index is 798. The first-order valence-electron chi connectivity index (χ1n) is 10.1. The van der Waals surface area contributed by atoms with Crippen LogP contribution in [0.4, 0.5) is 5.69 Å². The van der Waals surface area contributed by atoms with Crippen molar-refractivity contribution in [1.29, 1.82) is 5.26 Å². The zero-order chi connectivity index (χ0) is 19.7. The number of carbonyl (C=O) groups is 2. The molecule has 2 N–H and O–H groups in total. The molecule has 2 heterocycles. The standard InChI is InChI=1S/C21H27N5O2.2H2/c1-25-8-9-26(13-19(25)27)18-6-2-14(3-7-18)10-17(12-22)24-21(28)20-15-4-5-16(11-15)23-20;;/h2-3,6-7,15-17,20,23H,4-5,8-11,13H2,1H3,(H,24,28);2*1H/t15-,16?,17-,20-;;/m0../s1. The number of hydrogen-bond donors (Lipinski definition) is 2. The quantitative estimate of drug-likeness (QED) is 0.794. The summed E-state index contributed by atoms with van der Waals surface area (Å²) in [6.45, 7) is 1.93. The summed E-state index contributed by atoms with van der Waals surface area (Å²) in [6.07, 6.45) is 3.81. The first kappa shape index (κ1) is 18.8. The molecule has 0 aromatic heterocycles. The minimum Gasteiger partial charge on any atom is -0.360 e. The van der Waals surface area contributed by atoms with Crippen LogP contribution in [0.2, 0.25) is 0 Å². The van der Waals surface area contributed by atoms with Crippen molar-refractivity contribution < 1.29 is 12.4 Å². The molecule has 1 saturated carbocycles. The third-order valence-electron chi connectivity index (χ3n) is 6.31. The van der Waals surface area contributed by atoms with Crippen LogP contribution in [0.3, 0.4) is 0 Å². The van der Waals surface area contributed by atoms with E-state index >= 15 is 0 Å². The average Bonchev–Trinajstić information content (AvgIpc) is 3.34. The molecule has 3 aliphatic rings. The number of piperazine rings is 1. The van der Waals surface area contributed by atoms with Gasteiger partial charge in [-0.2, -0.15) is 5.26 Å². The highest BCUT2D eigenvalue weighted by Gasteiger charge is 2.43. The average molecular weight is 386 g/mol. The van der Waals surface area contributed by atoms with Crippen LogP contribution >= 0.6 is 0 Å². The highest BCUT2D eigenvalue weighted by Crippen LogP contribution is 2.35. The Morgan fingerprint density at radius 1 is 1.36 bits per heavy atom. The van der Waals surface area contributed by atoms with E-state index < -0.39 is 6.04 Å². The monoisotopic (exact) mass is 385 g/mol. The summed E-state index contributed by atoms with van der Waals surface area (Å²) >= 11 is 0. The largest absolute Gasteiger partial charge is 0.360 e. The first-order valence-corrected chi connectivity index (χ1v) is 10.1. The Kier molecular flexibility index (Phi) is 5.23. The molecule has 2 aliphatic heterocycles. The fourth-order valence-corrected chi connectivity index (χ4v) is 4.60. The van der Waals surface area contributed by atoms with E-state index in [-0.39, 0.29) is 20.7 Å². The number of hydrogen-bond acceptors (Lipinski definition) is 5. The fraction of sp³-hybridized carbons (Fsp3) is 0.571. The lowest BCUT2D eigenvalue weighted by molar-refractivity contribution is -0.129. The number of anilines is 1. The number of carbonyl (C=O) groups excluding carboxylic acids is 2. The Morgan fingerprint density at radius 2 is 2.14 bits per heavy atom. The van der Waals surface area contributed by atoms with Crippen molar-refractivity contribution in [2.45, 2.75) is 43.8 Å². The van der Waals surface area contributed by atoms with E-state index in [0.717, 1.165) is 43.6 Å². The third-order valence-corrected chi connectivity index (χ3v) is 6.31. The summed E-state index contributed by atoms with van der Waals surface area (Å²) in [4.78, 5) is 28.2. The molecule has 152 valence electrons. The van der Waals surface area contributed by atoms with Crippen LogP contribution in [0.15, 0.2) is 24.3 Å². The maximum atomic E-state index is 12.5. The van der Waals surface area contributed by atoms with Gasteiger partial charge in [0.15, 0.2) is 0 Å². The summed E-state index contributed by atoms with van der Waals surface area (Å²) in [7, 11) is 1.82. The van der Waals surface area contributed by atoms with E-state index in [1.54, 1.807) is 4.90 Å². The van der Waals surface area contributed by atoms with E-state index in [0.29, 0.717) is 24.9 Å². The zero-order valence-electron chi connectivity index (χ0n) is 16.2. The van der Waals surface area contributed by atoms with E-state index in [4.69, 9.17) is 0 Å². The number of benzene rings is 1. The predicted molar refractivity (Wildman–Crippen MR) is 110 cm³/mol. The number of piperidine rings is 1. The van der Waals surface area contributed by atoms with Crippen LogP contribution in [0.1, 0.15) is 27.7 Å². The molecule has 3 fully saturated rings. The van der Waals surface area contributed by atoms with Gasteiger partial charge in [-0.15, -0.1) is 0 Å². The molecular formula is C21H31N5O2. The molecule has 1 aromatic carbocycles. The predicted octanol–water partition coefficient (Wildman–Crippen LogP) is 1.15. The highest BCUT2D eigenvalue weighted by molar-refractivity contribution is 5.83. The van der Waals surface area contributed by atoms with Gasteiger partial charge in [0.2, 0.25) is 11.8 Å². The van der Waals surface area contributed by atoms with Crippen molar-refractivity contribution in [3.8, 4) is 6.07 Å². The molecule has 2 amide bonds. The van der Waals surface area contributed by atoms with Crippen LogP contribution in [-0.4, -0.2) is 61.5 Å². The molecule has 7 nitrogen and oxygen atoms in total. The molecule has 4 rings (SSSR count). The zero-order valence-corrected chi connectivity index (χ0v) is 16.2. The minimum atomic E-state index is -0.538. The number of nitriles is 1. The van der Waals surface area contributed by atoms with Gasteiger partial charge in [0, 0.05) is 41.1 Å². The Labute approximate surface area is 168 Å². The normalized spacial score (nSPS) is 27.6. The van der Waals surface area contributed by atoms with Gasteiger partial charge in [-0.05, 0) is 42.9 Å². The maximum Gasteiger partial charge on any atom is 0.241 e. The number of amides is 2. The topological polar surface area (TPSA) is 88.5 Å². The maximum absolute atomic E-state index is 12.5. The molecule has 0 spiro atoms. The van der Waals surface area contributed by atoms with Crippen molar-refractivity contribution in [1.82, 2.24) is 15.5 Å². The van der Waals surface area contributed by atoms with Crippen LogP contribution in [0.5, 0.6) is 0 Å². The molecular weight excluding hydrogens is 354 g/mol. The minimum absolute atomic E-state index is 0. The van der Waals surface area contributed by atoms with Crippen molar-refractivity contribution >= 4 is 17.5 Å². The smallest absolute Gasteiger partial charge is 0.241 e. The number of likely N-dealkylation sites (N-methyl/N-ethyl adjacent to an activating group) is 1. The van der Waals surface area contributed by atoms with Gasteiger partial charge in [0.1, 0.15) is 6.04 Å². The number of rotatable bonds is 5. The van der Waals surface area contributed by atoms with Gasteiger partial charge in [0.05, 0.1) is 18.7 Å². The lowest BCUT2D eigenvalue weighted by Crippen LogP contribution is -2.50. The van der Waals surface area contributed by atoms with Crippen LogP contribution in [0, 0.1) is 17.2 Å². The highest BCUT2D eigenvalue weighted by atomic mass is 16.2. The van der Waals surface area contributed by atoms with Gasteiger partial charge in [-0.1, -0.05) is 12.1 Å². The second-order valence-corrected chi connectivity index (χ2v) is 8.21. The van der Waals surface area contributed by atoms with Crippen molar-refractivity contribution in [3.63, 3.8) is 0 Å². The molecule has 4 atom stereocenters. The van der Waals surface area contributed by atoms with Gasteiger partial charge in [0.25, 0.3) is 0 Å². The summed E-state index contributed by atoms with van der Waals surface area (Å²) in [5.41, 5.74) is 2.01. The number of nitrogens with zero attached hydrogens (tertiary/aromatic N) is 3. The fourth-order valence-electron chi connectivity index (χ4n) is 4.60. The van der Waals surface area contributed by atoms with Gasteiger partial charge in [-0.25, -0.2) is 0 Å². The summed E-state index contributed by atoms with van der Waals surface area (Å²) in [6, 6.07) is 9.93. The number of fused-ring (bicyclic) bond motifs is 2. The van der Waals surface area contributed by atoms with Crippen molar-refractivity contribution in [2.75, 3.05) is 31.6 Å². The van der Waals surface area contributed by atoms with E-state index in [2.05, 4.69) is 21.6 Å². The van der Waals surface area contributed by atoms with Crippen LogP contribution in [-0.2, 0) is 16.0 Å². The molecule has 28 heavy (non-hydrogen) atoms. The molecule has 0 radical (unpaired) electrons. The Morgan fingerprint density at radius 3 is 2.75 bits per heavy atom. The Balaban J connectivity index is 0.00000160. The van der Waals surface area contributed by atoms with E-state index in [1.807, 2.05) is 31.3 Å². The van der Waals surface area contributed by atoms with Gasteiger partial charge in [-0.3, -0.25) is 9.59 Å². The van der Waals surface area contributed by atoms with Crippen molar-refractivity contribution in [2.24, 2.45) is 5.92 Å². The second-order valence-electron chi connectivity index (χ2n) is 8.21. The summed E-state index contributed by atoms with van der Waals surface area (Å²) in [5, 5.41) is 15.8. The third kappa shape index (κ3) is 3.83. The van der Waals surface area contributed by atoms with E-state index in [9.17, 15) is 14.9 Å². The van der Waals surface area contributed by atoms with Crippen molar-refractivity contribution in [3.05, 3.63) is 29.8 Å². The van der Waals surface area contributed by atoms with Crippen LogP contribution in [0.25, 0.3) is 0 Å². The molecule has 2 saturated heterocycles. The SMILES string of the molecule is CN1CCN(c2ccc(C[C@@H](C#N)NC(=O)[C@H]3NC4CC[C@H]3C4)cc2)CC1=O.[HH].[HH]. The summed E-state index contributed by atoms with van der Waals surface area (Å²) < 4.78 is 0. The van der Waals surface area contributed by atoms with Crippen LogP contribution < -0.4 is 15.5 Å². The van der Waals surface area contributed by atoms with Gasteiger partial charge < -0.3 is 20.4 Å². The lowest BCUT2D eigenvalue weighted by atomic mass is 9.98. The second kappa shape index (κ2) is 7.80. The molecule has 1 unspecified atom stereocenters. The first-order chi connectivity index (χ1) is 13.5. The Hall–Kier alpha value is -2.59. The molecule has 1 aromatic rings. The molecule has 7 heteroatoms. The summed E-state index contributed by atoms with van der Waals surface area (Å²) in [5.74, 6) is 0.484.